The fourth-order valence-electron chi connectivity index (χ4n) is 2.83. The van der Waals surface area contributed by atoms with Gasteiger partial charge in [0, 0.05) is 12.8 Å². The molecule has 0 aromatic heterocycles. The Bertz CT molecular complexity index is 861. The van der Waals surface area contributed by atoms with Gasteiger partial charge in [0.05, 0.1) is 23.3 Å². The molecule has 25 heavy (non-hydrogen) atoms. The van der Waals surface area contributed by atoms with Gasteiger partial charge in [-0.25, -0.2) is 4.79 Å². The number of esters is 1. The van der Waals surface area contributed by atoms with E-state index in [4.69, 9.17) is 0 Å². The molecule has 7 nitrogen and oxygen atoms in total. The normalized spacial score (nSPS) is 13.5. The van der Waals surface area contributed by atoms with Crippen molar-refractivity contribution in [2.24, 2.45) is 4.99 Å². The van der Waals surface area contributed by atoms with Crippen LogP contribution in [0.15, 0.2) is 41.4 Å². The maximum Gasteiger partial charge on any atom is 0.344 e. The molecule has 1 aliphatic rings. The molecule has 0 bridgehead atoms. The molecule has 0 radical (unpaired) electrons. The minimum Gasteiger partial charge on any atom is -0.465 e. The molecule has 1 heterocycles. The molecule has 0 unspecified atom stereocenters. The average Bonchev–Trinajstić information content (AvgIpc) is 2.65. The van der Waals surface area contributed by atoms with E-state index in [0.717, 1.165) is 25.2 Å². The summed E-state index contributed by atoms with van der Waals surface area (Å²) in [4.78, 5) is 26.9. The number of rotatable bonds is 4. The van der Waals surface area contributed by atoms with Gasteiger partial charge in [0.25, 0.3) is 5.69 Å². The summed E-state index contributed by atoms with van der Waals surface area (Å²) in [6.45, 7) is 1.76. The van der Waals surface area contributed by atoms with Crippen LogP contribution >= 0.6 is 0 Å². The van der Waals surface area contributed by atoms with Gasteiger partial charge < -0.3 is 10.1 Å². The SMILES string of the molecule is COC(=O)c1cccc(C=Nc2ccc3c(c2)CCNC3)c1[N+](=O)[O-]. The van der Waals surface area contributed by atoms with Crippen molar-refractivity contribution >= 4 is 23.6 Å². The molecule has 0 amide bonds. The number of ether oxygens (including phenoxy) is 1. The van der Waals surface area contributed by atoms with Gasteiger partial charge in [-0.2, -0.15) is 0 Å². The predicted octanol–water partition coefficient (Wildman–Crippen LogP) is 2.78. The van der Waals surface area contributed by atoms with Gasteiger partial charge in [0.2, 0.25) is 0 Å². The van der Waals surface area contributed by atoms with E-state index in [1.54, 1.807) is 12.1 Å². The molecule has 1 N–H and O–H groups in total. The van der Waals surface area contributed by atoms with Crippen molar-refractivity contribution in [1.82, 2.24) is 5.32 Å². The minimum absolute atomic E-state index is 0.0898. The number of hydrogen-bond acceptors (Lipinski definition) is 6. The zero-order valence-electron chi connectivity index (χ0n) is 13.7. The third kappa shape index (κ3) is 3.56. The summed E-state index contributed by atoms with van der Waals surface area (Å²) in [6, 6.07) is 10.4. The lowest BCUT2D eigenvalue weighted by atomic mass is 10.0. The number of carbonyl (C=O) groups excluding carboxylic acids is 1. The van der Waals surface area contributed by atoms with Gasteiger partial charge in [-0.1, -0.05) is 12.1 Å². The number of benzene rings is 2. The first-order valence-electron chi connectivity index (χ1n) is 7.82. The zero-order chi connectivity index (χ0) is 17.8. The van der Waals surface area contributed by atoms with E-state index in [1.165, 1.54) is 30.5 Å². The maximum atomic E-state index is 11.7. The molecule has 0 saturated carbocycles. The molecule has 2 aromatic carbocycles. The largest absolute Gasteiger partial charge is 0.465 e. The number of nitro benzene ring substituents is 1. The Morgan fingerprint density at radius 1 is 1.32 bits per heavy atom. The van der Waals surface area contributed by atoms with Crippen LogP contribution in [0.1, 0.15) is 27.0 Å². The van der Waals surface area contributed by atoms with Crippen molar-refractivity contribution in [3.63, 3.8) is 0 Å². The van der Waals surface area contributed by atoms with Crippen molar-refractivity contribution in [1.29, 1.82) is 0 Å². The molecular formula is C18H17N3O4. The second kappa shape index (κ2) is 7.23. The molecule has 0 fully saturated rings. The lowest BCUT2D eigenvalue weighted by Gasteiger charge is -2.16. The highest BCUT2D eigenvalue weighted by molar-refractivity contribution is 5.99. The van der Waals surface area contributed by atoms with Crippen molar-refractivity contribution in [2.75, 3.05) is 13.7 Å². The maximum absolute atomic E-state index is 11.7. The van der Waals surface area contributed by atoms with Crippen LogP contribution in [0.3, 0.4) is 0 Å². The van der Waals surface area contributed by atoms with Crippen LogP contribution in [0.25, 0.3) is 0 Å². The average molecular weight is 339 g/mol. The van der Waals surface area contributed by atoms with Gasteiger partial charge >= 0.3 is 5.97 Å². The number of nitrogens with one attached hydrogen (secondary N) is 1. The van der Waals surface area contributed by atoms with Gasteiger partial charge in [0.15, 0.2) is 0 Å². The van der Waals surface area contributed by atoms with Gasteiger partial charge in [-0.15, -0.1) is 0 Å². The molecule has 0 aliphatic carbocycles. The Morgan fingerprint density at radius 3 is 2.92 bits per heavy atom. The third-order valence-electron chi connectivity index (χ3n) is 4.08. The summed E-state index contributed by atoms with van der Waals surface area (Å²) in [6.07, 6.45) is 2.34. The summed E-state index contributed by atoms with van der Waals surface area (Å²) in [5, 5.41) is 14.7. The number of nitro groups is 1. The quantitative estimate of drug-likeness (QED) is 0.400. The third-order valence-corrected chi connectivity index (χ3v) is 4.08. The monoisotopic (exact) mass is 339 g/mol. The number of nitrogens with zero attached hydrogens (tertiary/aromatic N) is 2. The number of fused-ring (bicyclic) bond motifs is 1. The van der Waals surface area contributed by atoms with E-state index >= 15 is 0 Å². The predicted molar refractivity (Wildman–Crippen MR) is 93.5 cm³/mol. The lowest BCUT2D eigenvalue weighted by molar-refractivity contribution is -0.385. The van der Waals surface area contributed by atoms with E-state index in [0.29, 0.717) is 0 Å². The Kier molecular flexibility index (Phi) is 4.85. The van der Waals surface area contributed by atoms with Crippen LogP contribution in [0.5, 0.6) is 0 Å². The Labute approximate surface area is 144 Å². The van der Waals surface area contributed by atoms with E-state index in [2.05, 4.69) is 15.0 Å². The molecule has 0 spiro atoms. The number of carbonyl (C=O) groups is 1. The first-order valence-corrected chi connectivity index (χ1v) is 7.82. The molecule has 7 heteroatoms. The second-order valence-corrected chi connectivity index (χ2v) is 5.63. The van der Waals surface area contributed by atoms with Crippen LogP contribution in [0, 0.1) is 10.1 Å². The molecule has 128 valence electrons. The molecule has 2 aromatic rings. The van der Waals surface area contributed by atoms with Crippen molar-refractivity contribution < 1.29 is 14.5 Å². The molecule has 3 rings (SSSR count). The van der Waals surface area contributed by atoms with Crippen LogP contribution in [-0.2, 0) is 17.7 Å². The minimum atomic E-state index is -0.747. The van der Waals surface area contributed by atoms with Crippen LogP contribution < -0.4 is 5.32 Å². The van der Waals surface area contributed by atoms with Crippen molar-refractivity contribution in [3.05, 3.63) is 68.8 Å². The van der Waals surface area contributed by atoms with E-state index in [-0.39, 0.29) is 16.8 Å². The molecule has 0 atom stereocenters. The number of para-hydroxylation sites is 1. The van der Waals surface area contributed by atoms with Crippen LogP contribution in [-0.4, -0.2) is 30.8 Å². The smallest absolute Gasteiger partial charge is 0.344 e. The fourth-order valence-corrected chi connectivity index (χ4v) is 2.83. The van der Waals surface area contributed by atoms with Crippen LogP contribution in [0.2, 0.25) is 0 Å². The Morgan fingerprint density at radius 2 is 2.16 bits per heavy atom. The van der Waals surface area contributed by atoms with E-state index in [9.17, 15) is 14.9 Å². The van der Waals surface area contributed by atoms with Crippen LogP contribution in [0.4, 0.5) is 11.4 Å². The van der Waals surface area contributed by atoms with Gasteiger partial charge in [-0.3, -0.25) is 15.1 Å². The highest BCUT2D eigenvalue weighted by Crippen LogP contribution is 2.25. The number of methoxy groups -OCH3 is 1. The van der Waals surface area contributed by atoms with Crippen molar-refractivity contribution in [2.45, 2.75) is 13.0 Å². The van der Waals surface area contributed by atoms with Gasteiger partial charge in [-0.05, 0) is 48.4 Å². The highest BCUT2D eigenvalue weighted by atomic mass is 16.6. The first-order chi connectivity index (χ1) is 12.1. The lowest BCUT2D eigenvalue weighted by Crippen LogP contribution is -2.23. The number of hydrogen-bond donors (Lipinski definition) is 1. The topological polar surface area (TPSA) is 93.8 Å². The summed E-state index contributed by atoms with van der Waals surface area (Å²) in [7, 11) is 1.19. The van der Waals surface area contributed by atoms with E-state index < -0.39 is 10.9 Å². The zero-order valence-corrected chi connectivity index (χ0v) is 13.7. The first kappa shape index (κ1) is 16.8. The summed E-state index contributed by atoms with van der Waals surface area (Å²) < 4.78 is 4.61. The Balaban J connectivity index is 1.96. The Hall–Kier alpha value is -3.06. The fraction of sp³-hybridized carbons (Fsp3) is 0.222. The highest BCUT2D eigenvalue weighted by Gasteiger charge is 2.24. The summed E-state index contributed by atoms with van der Waals surface area (Å²) >= 11 is 0. The van der Waals surface area contributed by atoms with Crippen molar-refractivity contribution in [3.8, 4) is 0 Å². The molecule has 0 saturated heterocycles. The second-order valence-electron chi connectivity index (χ2n) is 5.63. The summed E-state index contributed by atoms with van der Waals surface area (Å²) in [5.74, 6) is -0.747. The standard InChI is InChI=1S/C18H17N3O4/c1-25-18(22)16-4-2-3-14(17(16)21(23)24)11-20-15-6-5-13-10-19-8-7-12(13)9-15/h2-6,9,11,19H,7-8,10H2,1H3. The van der Waals surface area contributed by atoms with E-state index in [1.807, 2.05) is 18.2 Å². The molecule has 1 aliphatic heterocycles. The van der Waals surface area contributed by atoms with Gasteiger partial charge in [0.1, 0.15) is 5.56 Å². The summed E-state index contributed by atoms with van der Waals surface area (Å²) in [5.41, 5.74) is 3.05. The molecular weight excluding hydrogens is 322 g/mol. The number of aliphatic imine (C=N–C) groups is 1.